The standard InChI is InChI=1S/C19H12ClN3O2/c20-13-8-6-12(7-9-13)17-16-14(19(24)25)10-15(21-18(16)23-22-17)11-4-2-1-3-5-11/h1-10H,(H,24,25)(H,21,22,23). The van der Waals surface area contributed by atoms with Gasteiger partial charge >= 0.3 is 5.97 Å². The van der Waals surface area contributed by atoms with Gasteiger partial charge in [0.1, 0.15) is 0 Å². The molecule has 2 aromatic heterocycles. The molecule has 4 aromatic rings. The molecule has 0 saturated heterocycles. The number of carboxylic acid groups (broad SMARTS) is 1. The summed E-state index contributed by atoms with van der Waals surface area (Å²) in [6.07, 6.45) is 0. The van der Waals surface area contributed by atoms with Crippen LogP contribution in [0.3, 0.4) is 0 Å². The second-order valence-electron chi connectivity index (χ2n) is 5.53. The molecule has 0 radical (unpaired) electrons. The van der Waals surface area contributed by atoms with Crippen molar-refractivity contribution in [1.29, 1.82) is 0 Å². The molecule has 4 rings (SSSR count). The fourth-order valence-electron chi connectivity index (χ4n) is 2.77. The summed E-state index contributed by atoms with van der Waals surface area (Å²) in [4.78, 5) is 16.4. The van der Waals surface area contributed by atoms with Gasteiger partial charge in [0.2, 0.25) is 0 Å². The fraction of sp³-hybridized carbons (Fsp3) is 0. The Balaban J connectivity index is 1.97. The molecule has 0 bridgehead atoms. The van der Waals surface area contributed by atoms with Crippen molar-refractivity contribution >= 4 is 28.6 Å². The van der Waals surface area contributed by atoms with Gasteiger partial charge in [-0.05, 0) is 18.2 Å². The van der Waals surface area contributed by atoms with E-state index in [1.165, 1.54) is 0 Å². The van der Waals surface area contributed by atoms with E-state index in [-0.39, 0.29) is 5.56 Å². The highest BCUT2D eigenvalue weighted by molar-refractivity contribution is 6.30. The lowest BCUT2D eigenvalue weighted by Gasteiger charge is -2.05. The molecule has 5 nitrogen and oxygen atoms in total. The zero-order valence-corrected chi connectivity index (χ0v) is 13.7. The van der Waals surface area contributed by atoms with Crippen LogP contribution in [-0.2, 0) is 0 Å². The lowest BCUT2D eigenvalue weighted by molar-refractivity contribution is 0.0699. The monoisotopic (exact) mass is 349 g/mol. The fourth-order valence-corrected chi connectivity index (χ4v) is 2.90. The number of pyridine rings is 1. The SMILES string of the molecule is O=C(O)c1cc(-c2ccccc2)nc2n[nH]c(-c3ccc(Cl)cc3)c12. The third kappa shape index (κ3) is 2.75. The molecular weight excluding hydrogens is 338 g/mol. The zero-order chi connectivity index (χ0) is 17.4. The molecule has 0 aliphatic heterocycles. The summed E-state index contributed by atoms with van der Waals surface area (Å²) in [5, 5.41) is 17.9. The second kappa shape index (κ2) is 6.03. The van der Waals surface area contributed by atoms with Crippen LogP contribution < -0.4 is 0 Å². The Kier molecular flexibility index (Phi) is 3.71. The Morgan fingerprint density at radius 1 is 1.00 bits per heavy atom. The van der Waals surface area contributed by atoms with E-state index in [1.54, 1.807) is 18.2 Å². The van der Waals surface area contributed by atoms with Crippen molar-refractivity contribution in [2.45, 2.75) is 0 Å². The molecule has 25 heavy (non-hydrogen) atoms. The maximum atomic E-state index is 11.8. The van der Waals surface area contributed by atoms with Gasteiger partial charge in [0.05, 0.1) is 22.3 Å². The molecule has 122 valence electrons. The minimum Gasteiger partial charge on any atom is -0.478 e. The average molecular weight is 350 g/mol. The highest BCUT2D eigenvalue weighted by Crippen LogP contribution is 2.31. The molecular formula is C19H12ClN3O2. The number of hydrogen-bond donors (Lipinski definition) is 2. The van der Waals surface area contributed by atoms with Gasteiger partial charge in [-0.15, -0.1) is 0 Å². The number of fused-ring (bicyclic) bond motifs is 1. The Morgan fingerprint density at radius 2 is 1.72 bits per heavy atom. The van der Waals surface area contributed by atoms with E-state index >= 15 is 0 Å². The van der Waals surface area contributed by atoms with E-state index in [0.717, 1.165) is 11.1 Å². The molecule has 2 N–H and O–H groups in total. The van der Waals surface area contributed by atoms with Crippen molar-refractivity contribution in [2.75, 3.05) is 0 Å². The Morgan fingerprint density at radius 3 is 2.40 bits per heavy atom. The number of halogens is 1. The highest BCUT2D eigenvalue weighted by Gasteiger charge is 2.19. The lowest BCUT2D eigenvalue weighted by atomic mass is 10.0. The van der Waals surface area contributed by atoms with Gasteiger partial charge < -0.3 is 5.11 Å². The topological polar surface area (TPSA) is 78.9 Å². The average Bonchev–Trinajstić information content (AvgIpc) is 3.06. The largest absolute Gasteiger partial charge is 0.478 e. The Bertz CT molecular complexity index is 1070. The molecule has 2 aromatic carbocycles. The van der Waals surface area contributed by atoms with Crippen LogP contribution in [0.1, 0.15) is 10.4 Å². The number of benzene rings is 2. The number of aromatic nitrogens is 3. The van der Waals surface area contributed by atoms with Gasteiger partial charge in [0.25, 0.3) is 0 Å². The molecule has 0 aliphatic rings. The van der Waals surface area contributed by atoms with Crippen molar-refractivity contribution < 1.29 is 9.90 Å². The van der Waals surface area contributed by atoms with Crippen LogP contribution >= 0.6 is 11.6 Å². The van der Waals surface area contributed by atoms with Gasteiger partial charge in [0, 0.05) is 16.1 Å². The first kappa shape index (κ1) is 15.4. The Labute approximate surface area is 147 Å². The van der Waals surface area contributed by atoms with Crippen molar-refractivity contribution in [2.24, 2.45) is 0 Å². The van der Waals surface area contributed by atoms with E-state index in [4.69, 9.17) is 11.6 Å². The second-order valence-corrected chi connectivity index (χ2v) is 5.97. The van der Waals surface area contributed by atoms with Crippen LogP contribution in [0.15, 0.2) is 60.7 Å². The van der Waals surface area contributed by atoms with Crippen LogP contribution in [0.4, 0.5) is 0 Å². The van der Waals surface area contributed by atoms with Crippen molar-refractivity contribution in [3.63, 3.8) is 0 Å². The normalized spacial score (nSPS) is 10.9. The number of carboxylic acids is 1. The minimum atomic E-state index is -1.03. The van der Waals surface area contributed by atoms with Gasteiger partial charge in [-0.25, -0.2) is 9.78 Å². The third-order valence-electron chi connectivity index (χ3n) is 3.96. The van der Waals surface area contributed by atoms with E-state index in [1.807, 2.05) is 42.5 Å². The van der Waals surface area contributed by atoms with E-state index < -0.39 is 5.97 Å². The smallest absolute Gasteiger partial charge is 0.336 e. The highest BCUT2D eigenvalue weighted by atomic mass is 35.5. The van der Waals surface area contributed by atoms with Crippen LogP contribution in [-0.4, -0.2) is 26.3 Å². The quantitative estimate of drug-likeness (QED) is 0.564. The molecule has 6 heteroatoms. The summed E-state index contributed by atoms with van der Waals surface area (Å²) in [6.45, 7) is 0. The van der Waals surface area contributed by atoms with Crippen LogP contribution in [0.2, 0.25) is 5.02 Å². The number of hydrogen-bond acceptors (Lipinski definition) is 3. The molecule has 0 unspecified atom stereocenters. The molecule has 0 atom stereocenters. The van der Waals surface area contributed by atoms with Gasteiger partial charge in [-0.3, -0.25) is 5.10 Å². The summed E-state index contributed by atoms with van der Waals surface area (Å²) in [7, 11) is 0. The maximum absolute atomic E-state index is 11.8. The van der Waals surface area contributed by atoms with Crippen LogP contribution in [0, 0.1) is 0 Å². The summed E-state index contributed by atoms with van der Waals surface area (Å²) in [6, 6.07) is 18.1. The molecule has 0 fully saturated rings. The summed E-state index contributed by atoms with van der Waals surface area (Å²) < 4.78 is 0. The number of aromatic amines is 1. The number of nitrogens with one attached hydrogen (secondary N) is 1. The number of rotatable bonds is 3. The molecule has 2 heterocycles. The van der Waals surface area contributed by atoms with Crippen LogP contribution in [0.25, 0.3) is 33.5 Å². The number of nitrogens with zero attached hydrogens (tertiary/aromatic N) is 2. The van der Waals surface area contributed by atoms with Gasteiger partial charge in [-0.1, -0.05) is 54.1 Å². The predicted molar refractivity (Wildman–Crippen MR) is 96.7 cm³/mol. The zero-order valence-electron chi connectivity index (χ0n) is 12.9. The first-order valence-electron chi connectivity index (χ1n) is 7.57. The maximum Gasteiger partial charge on any atom is 0.336 e. The summed E-state index contributed by atoms with van der Waals surface area (Å²) in [5.41, 5.74) is 3.33. The van der Waals surface area contributed by atoms with Crippen molar-refractivity contribution in [3.05, 3.63) is 71.2 Å². The van der Waals surface area contributed by atoms with Gasteiger partial charge in [-0.2, -0.15) is 5.10 Å². The molecule has 0 aliphatic carbocycles. The van der Waals surface area contributed by atoms with Gasteiger partial charge in [0.15, 0.2) is 5.65 Å². The molecule has 0 saturated carbocycles. The number of carbonyl (C=O) groups is 1. The van der Waals surface area contributed by atoms with E-state index in [2.05, 4.69) is 15.2 Å². The third-order valence-corrected chi connectivity index (χ3v) is 4.21. The first-order chi connectivity index (χ1) is 12.1. The first-order valence-corrected chi connectivity index (χ1v) is 7.95. The summed E-state index contributed by atoms with van der Waals surface area (Å²) in [5.74, 6) is -1.03. The van der Waals surface area contributed by atoms with E-state index in [0.29, 0.717) is 27.4 Å². The predicted octanol–water partition coefficient (Wildman–Crippen LogP) is 4.64. The number of H-pyrrole nitrogens is 1. The van der Waals surface area contributed by atoms with Crippen LogP contribution in [0.5, 0.6) is 0 Å². The van der Waals surface area contributed by atoms with E-state index in [9.17, 15) is 9.90 Å². The van der Waals surface area contributed by atoms with Crippen molar-refractivity contribution in [1.82, 2.24) is 15.2 Å². The molecule has 0 amide bonds. The Hall–Kier alpha value is -3.18. The summed E-state index contributed by atoms with van der Waals surface area (Å²) >= 11 is 5.93. The minimum absolute atomic E-state index is 0.155. The molecule has 0 spiro atoms. The lowest BCUT2D eigenvalue weighted by Crippen LogP contribution is -2.00. The number of aromatic carboxylic acids is 1. The van der Waals surface area contributed by atoms with Crippen molar-refractivity contribution in [3.8, 4) is 22.5 Å².